The van der Waals surface area contributed by atoms with Gasteiger partial charge in [-0.2, -0.15) is 5.26 Å². The summed E-state index contributed by atoms with van der Waals surface area (Å²) in [6.45, 7) is 1.53. The first-order valence-corrected chi connectivity index (χ1v) is 9.24. The molecule has 5 heteroatoms. The topological polar surface area (TPSA) is 57.0 Å². The second kappa shape index (κ2) is 7.50. The standard InChI is InChI=1S/C19H19N3OS/c1-24-17-9-7-14(8-10-17)19(23)15-4-3-11-22(13-15)18-6-2-5-16(12-20)21-18/h2,5-10,15H,3-4,11,13H2,1H3/t15-/m1/s1. The second-order valence-electron chi connectivity index (χ2n) is 5.87. The number of hydrogen-bond donors (Lipinski definition) is 0. The largest absolute Gasteiger partial charge is 0.356 e. The summed E-state index contributed by atoms with van der Waals surface area (Å²) in [7, 11) is 0. The van der Waals surface area contributed by atoms with Crippen molar-refractivity contribution >= 4 is 23.4 Å². The quantitative estimate of drug-likeness (QED) is 0.628. The summed E-state index contributed by atoms with van der Waals surface area (Å²) < 4.78 is 0. The minimum absolute atomic E-state index is 0.0218. The molecule has 4 nitrogen and oxygen atoms in total. The van der Waals surface area contributed by atoms with Gasteiger partial charge in [-0.3, -0.25) is 4.79 Å². The molecule has 1 atom stereocenters. The first-order valence-electron chi connectivity index (χ1n) is 8.01. The summed E-state index contributed by atoms with van der Waals surface area (Å²) in [6.07, 6.45) is 3.88. The average molecular weight is 337 g/mol. The van der Waals surface area contributed by atoms with Crippen LogP contribution in [0.2, 0.25) is 0 Å². The Morgan fingerprint density at radius 3 is 2.79 bits per heavy atom. The maximum Gasteiger partial charge on any atom is 0.167 e. The van der Waals surface area contributed by atoms with Crippen LogP contribution in [0.15, 0.2) is 47.4 Å². The van der Waals surface area contributed by atoms with Gasteiger partial charge in [0.2, 0.25) is 0 Å². The summed E-state index contributed by atoms with van der Waals surface area (Å²) >= 11 is 1.67. The van der Waals surface area contributed by atoms with Crippen molar-refractivity contribution in [3.63, 3.8) is 0 Å². The predicted molar refractivity (Wildman–Crippen MR) is 96.4 cm³/mol. The number of carbonyl (C=O) groups is 1. The van der Waals surface area contributed by atoms with Crippen LogP contribution in [0, 0.1) is 17.2 Å². The lowest BCUT2D eigenvalue weighted by molar-refractivity contribution is 0.0907. The Bertz CT molecular complexity index is 767. The minimum Gasteiger partial charge on any atom is -0.356 e. The number of thioether (sulfide) groups is 1. The number of pyridine rings is 1. The van der Waals surface area contributed by atoms with Gasteiger partial charge < -0.3 is 4.90 Å². The maximum atomic E-state index is 12.8. The molecule has 2 aromatic rings. The van der Waals surface area contributed by atoms with E-state index in [1.165, 1.54) is 0 Å². The lowest BCUT2D eigenvalue weighted by Gasteiger charge is -2.33. The number of nitriles is 1. The van der Waals surface area contributed by atoms with E-state index in [0.717, 1.165) is 35.7 Å². The molecule has 1 fully saturated rings. The van der Waals surface area contributed by atoms with Crippen LogP contribution in [0.5, 0.6) is 0 Å². The lowest BCUT2D eigenvalue weighted by atomic mass is 9.90. The number of nitrogens with zero attached hydrogens (tertiary/aromatic N) is 3. The van der Waals surface area contributed by atoms with E-state index in [4.69, 9.17) is 5.26 Å². The van der Waals surface area contributed by atoms with Gasteiger partial charge in [0.1, 0.15) is 17.6 Å². The highest BCUT2D eigenvalue weighted by molar-refractivity contribution is 7.98. The van der Waals surface area contributed by atoms with Crippen molar-refractivity contribution in [2.24, 2.45) is 5.92 Å². The van der Waals surface area contributed by atoms with Gasteiger partial charge in [-0.25, -0.2) is 4.98 Å². The van der Waals surface area contributed by atoms with E-state index in [9.17, 15) is 4.79 Å². The molecule has 0 aliphatic carbocycles. The molecule has 3 rings (SSSR count). The molecule has 0 N–H and O–H groups in total. The molecule has 1 aliphatic heterocycles. The molecule has 1 aromatic heterocycles. The van der Waals surface area contributed by atoms with Crippen molar-refractivity contribution in [2.75, 3.05) is 24.2 Å². The number of hydrogen-bond acceptors (Lipinski definition) is 5. The Labute approximate surface area is 146 Å². The van der Waals surface area contributed by atoms with Gasteiger partial charge in [0.15, 0.2) is 5.78 Å². The molecular formula is C19H19N3OS. The normalized spacial score (nSPS) is 17.3. The molecule has 0 bridgehead atoms. The third-order valence-corrected chi connectivity index (χ3v) is 5.08. The zero-order chi connectivity index (χ0) is 16.9. The van der Waals surface area contributed by atoms with Crippen molar-refractivity contribution in [3.8, 4) is 6.07 Å². The van der Waals surface area contributed by atoms with Crippen molar-refractivity contribution in [1.29, 1.82) is 5.26 Å². The number of rotatable bonds is 4. The van der Waals surface area contributed by atoms with Crippen molar-refractivity contribution in [1.82, 2.24) is 4.98 Å². The monoisotopic (exact) mass is 337 g/mol. The maximum absolute atomic E-state index is 12.8. The smallest absolute Gasteiger partial charge is 0.167 e. The van der Waals surface area contributed by atoms with E-state index in [2.05, 4.69) is 16.0 Å². The summed E-state index contributed by atoms with van der Waals surface area (Å²) in [5.41, 5.74) is 1.19. The average Bonchev–Trinajstić information content (AvgIpc) is 2.67. The molecular weight excluding hydrogens is 318 g/mol. The lowest BCUT2D eigenvalue weighted by Crippen LogP contribution is -2.39. The Morgan fingerprint density at radius 2 is 2.08 bits per heavy atom. The number of ketones is 1. The van der Waals surface area contributed by atoms with Crippen LogP contribution in [0.25, 0.3) is 0 Å². The second-order valence-corrected chi connectivity index (χ2v) is 6.75. The number of anilines is 1. The molecule has 1 aliphatic rings. The van der Waals surface area contributed by atoms with E-state index >= 15 is 0 Å². The molecule has 1 saturated heterocycles. The molecule has 24 heavy (non-hydrogen) atoms. The summed E-state index contributed by atoms with van der Waals surface area (Å²) in [5.74, 6) is 0.958. The number of benzene rings is 1. The molecule has 2 heterocycles. The number of piperidine rings is 1. The molecule has 0 amide bonds. The fraction of sp³-hybridized carbons (Fsp3) is 0.316. The van der Waals surface area contributed by atoms with Crippen LogP contribution in [-0.2, 0) is 0 Å². The Balaban J connectivity index is 1.74. The van der Waals surface area contributed by atoms with E-state index in [0.29, 0.717) is 12.2 Å². The van der Waals surface area contributed by atoms with Crippen LogP contribution < -0.4 is 4.90 Å². The van der Waals surface area contributed by atoms with Crippen LogP contribution in [-0.4, -0.2) is 30.1 Å². The van der Waals surface area contributed by atoms with E-state index < -0.39 is 0 Å². The van der Waals surface area contributed by atoms with Gasteiger partial charge in [-0.1, -0.05) is 18.2 Å². The molecule has 1 aromatic carbocycles. The Hall–Kier alpha value is -2.32. The third kappa shape index (κ3) is 3.60. The van der Waals surface area contributed by atoms with Gasteiger partial charge in [0.25, 0.3) is 0 Å². The van der Waals surface area contributed by atoms with Gasteiger partial charge in [0.05, 0.1) is 0 Å². The third-order valence-electron chi connectivity index (χ3n) is 4.34. The van der Waals surface area contributed by atoms with Crippen molar-refractivity contribution in [3.05, 3.63) is 53.7 Å². The molecule has 122 valence electrons. The SMILES string of the molecule is CSc1ccc(C(=O)[C@@H]2CCCN(c3cccc(C#N)n3)C2)cc1. The minimum atomic E-state index is -0.0218. The van der Waals surface area contributed by atoms with Gasteiger partial charge in [-0.05, 0) is 43.4 Å². The van der Waals surface area contributed by atoms with E-state index in [1.54, 1.807) is 17.8 Å². The van der Waals surface area contributed by atoms with Crippen LogP contribution in [0.3, 0.4) is 0 Å². The van der Waals surface area contributed by atoms with Gasteiger partial charge >= 0.3 is 0 Å². The van der Waals surface area contributed by atoms with Crippen molar-refractivity contribution < 1.29 is 4.79 Å². The van der Waals surface area contributed by atoms with E-state index in [-0.39, 0.29) is 11.7 Å². The molecule has 0 unspecified atom stereocenters. The van der Waals surface area contributed by atoms with Gasteiger partial charge in [-0.15, -0.1) is 11.8 Å². The first-order chi connectivity index (χ1) is 11.7. The fourth-order valence-electron chi connectivity index (χ4n) is 3.05. The summed E-state index contributed by atoms with van der Waals surface area (Å²) in [6, 6.07) is 15.3. The number of aromatic nitrogens is 1. The summed E-state index contributed by atoms with van der Waals surface area (Å²) in [5, 5.41) is 9.01. The van der Waals surface area contributed by atoms with Crippen LogP contribution in [0.1, 0.15) is 28.9 Å². The first kappa shape index (κ1) is 16.5. The summed E-state index contributed by atoms with van der Waals surface area (Å²) in [4.78, 5) is 20.4. The van der Waals surface area contributed by atoms with Gasteiger partial charge in [0, 0.05) is 29.5 Å². The zero-order valence-electron chi connectivity index (χ0n) is 13.6. The molecule has 0 saturated carbocycles. The molecule has 0 spiro atoms. The highest BCUT2D eigenvalue weighted by Gasteiger charge is 2.27. The predicted octanol–water partition coefficient (Wildman–Crippen LogP) is 3.77. The number of Topliss-reactive ketones (excluding diaryl/α,β-unsaturated/α-hetero) is 1. The highest BCUT2D eigenvalue weighted by atomic mass is 32.2. The Morgan fingerprint density at radius 1 is 1.29 bits per heavy atom. The highest BCUT2D eigenvalue weighted by Crippen LogP contribution is 2.25. The van der Waals surface area contributed by atoms with E-state index in [1.807, 2.05) is 42.7 Å². The molecule has 0 radical (unpaired) electrons. The number of carbonyl (C=O) groups excluding carboxylic acids is 1. The van der Waals surface area contributed by atoms with Crippen LogP contribution >= 0.6 is 11.8 Å². The fourth-order valence-corrected chi connectivity index (χ4v) is 3.46. The Kier molecular flexibility index (Phi) is 5.17. The van der Waals surface area contributed by atoms with Crippen molar-refractivity contribution in [2.45, 2.75) is 17.7 Å². The van der Waals surface area contributed by atoms with Crippen LogP contribution in [0.4, 0.5) is 5.82 Å². The zero-order valence-corrected chi connectivity index (χ0v) is 14.4.